The summed E-state index contributed by atoms with van der Waals surface area (Å²) < 4.78 is 0. The molecule has 6 heteroatoms. The van der Waals surface area contributed by atoms with Gasteiger partial charge in [0.2, 0.25) is 0 Å². The average molecular weight is 290 g/mol. The van der Waals surface area contributed by atoms with Crippen LogP contribution in [0.3, 0.4) is 0 Å². The SMILES string of the molecule is Cn1nnc(CN2CC3(CCCC3)NCC23CCCC3)n1. The normalized spacial score (nSPS) is 27.9. The van der Waals surface area contributed by atoms with Crippen molar-refractivity contribution in [1.82, 2.24) is 30.4 Å². The van der Waals surface area contributed by atoms with Gasteiger partial charge in [-0.2, -0.15) is 4.80 Å². The van der Waals surface area contributed by atoms with Gasteiger partial charge >= 0.3 is 0 Å². The summed E-state index contributed by atoms with van der Waals surface area (Å²) >= 11 is 0. The standard InChI is InChI=1S/C15H26N6/c1-20-18-13(17-19-20)10-21-12-14(6-2-3-7-14)16-11-15(21)8-4-5-9-15/h16H,2-12H2,1H3. The Labute approximate surface area is 126 Å². The van der Waals surface area contributed by atoms with Crippen LogP contribution in [-0.4, -0.2) is 49.3 Å². The highest BCUT2D eigenvalue weighted by molar-refractivity contribution is 5.09. The Kier molecular flexibility index (Phi) is 3.26. The van der Waals surface area contributed by atoms with Crippen molar-refractivity contribution in [2.45, 2.75) is 69.0 Å². The number of tetrazole rings is 1. The second kappa shape index (κ2) is 5.02. The number of aryl methyl sites for hydroxylation is 1. The molecular formula is C15H26N6. The molecule has 1 N–H and O–H groups in total. The Morgan fingerprint density at radius 1 is 1.10 bits per heavy atom. The van der Waals surface area contributed by atoms with E-state index in [1.54, 1.807) is 4.80 Å². The molecule has 1 aromatic rings. The molecule has 2 saturated carbocycles. The van der Waals surface area contributed by atoms with Gasteiger partial charge in [0.1, 0.15) is 0 Å². The molecule has 0 radical (unpaired) electrons. The molecule has 21 heavy (non-hydrogen) atoms. The summed E-state index contributed by atoms with van der Waals surface area (Å²) in [5, 5.41) is 16.6. The summed E-state index contributed by atoms with van der Waals surface area (Å²) in [6.45, 7) is 3.16. The third kappa shape index (κ3) is 2.38. The van der Waals surface area contributed by atoms with Crippen molar-refractivity contribution < 1.29 is 0 Å². The Morgan fingerprint density at radius 3 is 2.48 bits per heavy atom. The molecule has 0 unspecified atom stereocenters. The molecule has 0 bridgehead atoms. The molecule has 2 spiro atoms. The van der Waals surface area contributed by atoms with Gasteiger partial charge in [0.15, 0.2) is 5.82 Å². The van der Waals surface area contributed by atoms with E-state index < -0.39 is 0 Å². The molecule has 1 aliphatic heterocycles. The van der Waals surface area contributed by atoms with E-state index in [0.717, 1.165) is 25.5 Å². The van der Waals surface area contributed by atoms with Crippen molar-refractivity contribution in [2.24, 2.45) is 7.05 Å². The zero-order valence-electron chi connectivity index (χ0n) is 13.0. The summed E-state index contributed by atoms with van der Waals surface area (Å²) in [6, 6.07) is 0. The van der Waals surface area contributed by atoms with Crippen LogP contribution in [-0.2, 0) is 13.6 Å². The topological polar surface area (TPSA) is 58.9 Å². The summed E-state index contributed by atoms with van der Waals surface area (Å²) in [5.74, 6) is 0.874. The van der Waals surface area contributed by atoms with Gasteiger partial charge in [-0.05, 0) is 30.9 Å². The largest absolute Gasteiger partial charge is 0.308 e. The van der Waals surface area contributed by atoms with E-state index in [-0.39, 0.29) is 0 Å². The average Bonchev–Trinajstić information content (AvgIpc) is 3.18. The third-order valence-corrected chi connectivity index (χ3v) is 5.93. The number of hydrogen-bond donors (Lipinski definition) is 1. The van der Waals surface area contributed by atoms with Gasteiger partial charge in [-0.25, -0.2) is 0 Å². The summed E-state index contributed by atoms with van der Waals surface area (Å²) in [6.07, 6.45) is 10.8. The number of aromatic nitrogens is 4. The van der Waals surface area contributed by atoms with Crippen molar-refractivity contribution in [3.05, 3.63) is 5.82 Å². The fraction of sp³-hybridized carbons (Fsp3) is 0.933. The first-order chi connectivity index (χ1) is 10.2. The first-order valence-electron chi connectivity index (χ1n) is 8.43. The van der Waals surface area contributed by atoms with Gasteiger partial charge in [0.25, 0.3) is 0 Å². The number of rotatable bonds is 2. The van der Waals surface area contributed by atoms with E-state index in [1.165, 1.54) is 51.4 Å². The highest BCUT2D eigenvalue weighted by atomic mass is 15.6. The Balaban J connectivity index is 1.57. The summed E-state index contributed by atoms with van der Waals surface area (Å²) in [7, 11) is 1.85. The second-order valence-electron chi connectivity index (χ2n) is 7.32. The lowest BCUT2D eigenvalue weighted by Gasteiger charge is -2.52. The molecule has 3 fully saturated rings. The minimum absolute atomic E-state index is 0.340. The maximum atomic E-state index is 4.41. The van der Waals surface area contributed by atoms with Gasteiger partial charge in [-0.15, -0.1) is 10.2 Å². The smallest absolute Gasteiger partial charge is 0.188 e. The van der Waals surface area contributed by atoms with Crippen LogP contribution in [0.2, 0.25) is 0 Å². The van der Waals surface area contributed by atoms with Crippen molar-refractivity contribution in [3.63, 3.8) is 0 Å². The molecule has 0 atom stereocenters. The molecule has 2 heterocycles. The molecule has 3 aliphatic rings. The molecule has 2 aliphatic carbocycles. The predicted molar refractivity (Wildman–Crippen MR) is 79.6 cm³/mol. The van der Waals surface area contributed by atoms with E-state index in [9.17, 15) is 0 Å². The van der Waals surface area contributed by atoms with Gasteiger partial charge in [-0.1, -0.05) is 25.7 Å². The van der Waals surface area contributed by atoms with Crippen molar-refractivity contribution >= 4 is 0 Å². The first kappa shape index (κ1) is 13.6. The number of hydrogen-bond acceptors (Lipinski definition) is 5. The maximum absolute atomic E-state index is 4.41. The van der Waals surface area contributed by atoms with Crippen LogP contribution in [0.25, 0.3) is 0 Å². The van der Waals surface area contributed by atoms with Crippen LogP contribution in [0.1, 0.15) is 57.2 Å². The zero-order chi connectivity index (χ0) is 14.3. The van der Waals surface area contributed by atoms with Crippen molar-refractivity contribution in [1.29, 1.82) is 0 Å². The van der Waals surface area contributed by atoms with Crippen LogP contribution in [0.15, 0.2) is 0 Å². The van der Waals surface area contributed by atoms with Crippen molar-refractivity contribution in [3.8, 4) is 0 Å². The van der Waals surface area contributed by atoms with E-state index >= 15 is 0 Å². The summed E-state index contributed by atoms with van der Waals surface area (Å²) in [5.41, 5.74) is 0.698. The summed E-state index contributed by atoms with van der Waals surface area (Å²) in [4.78, 5) is 4.27. The van der Waals surface area contributed by atoms with Crippen LogP contribution >= 0.6 is 0 Å². The lowest BCUT2D eigenvalue weighted by atomic mass is 9.84. The number of nitrogens with one attached hydrogen (secondary N) is 1. The molecule has 0 aromatic carbocycles. The highest BCUT2D eigenvalue weighted by Gasteiger charge is 2.49. The quantitative estimate of drug-likeness (QED) is 0.888. The monoisotopic (exact) mass is 290 g/mol. The minimum atomic E-state index is 0.340. The van der Waals surface area contributed by atoms with Gasteiger partial charge in [0, 0.05) is 24.2 Å². The molecular weight excluding hydrogens is 264 g/mol. The van der Waals surface area contributed by atoms with Crippen molar-refractivity contribution in [2.75, 3.05) is 13.1 Å². The zero-order valence-corrected chi connectivity index (χ0v) is 13.0. The van der Waals surface area contributed by atoms with Gasteiger partial charge in [-0.3, -0.25) is 4.90 Å². The van der Waals surface area contributed by atoms with Crippen LogP contribution < -0.4 is 5.32 Å². The molecule has 6 nitrogen and oxygen atoms in total. The van der Waals surface area contributed by atoms with Gasteiger partial charge in [0.05, 0.1) is 13.6 Å². The Hall–Kier alpha value is -1.01. The van der Waals surface area contributed by atoms with Crippen LogP contribution in [0, 0.1) is 0 Å². The minimum Gasteiger partial charge on any atom is -0.308 e. The van der Waals surface area contributed by atoms with Crippen LogP contribution in [0.5, 0.6) is 0 Å². The van der Waals surface area contributed by atoms with Gasteiger partial charge < -0.3 is 5.32 Å². The Bertz CT molecular complexity index is 498. The lowest BCUT2D eigenvalue weighted by molar-refractivity contribution is 0.000914. The number of nitrogens with zero attached hydrogens (tertiary/aromatic N) is 5. The van der Waals surface area contributed by atoms with E-state index in [1.807, 2.05) is 7.05 Å². The van der Waals surface area contributed by atoms with E-state index in [4.69, 9.17) is 0 Å². The lowest BCUT2D eigenvalue weighted by Crippen LogP contribution is -2.68. The predicted octanol–water partition coefficient (Wildman–Crippen LogP) is 1.24. The van der Waals surface area contributed by atoms with Crippen LogP contribution in [0.4, 0.5) is 0 Å². The first-order valence-corrected chi connectivity index (χ1v) is 8.43. The van der Waals surface area contributed by atoms with E-state index in [0.29, 0.717) is 11.1 Å². The fourth-order valence-electron chi connectivity index (χ4n) is 4.75. The fourth-order valence-corrected chi connectivity index (χ4v) is 4.75. The van der Waals surface area contributed by atoms with E-state index in [2.05, 4.69) is 25.6 Å². The number of piperazine rings is 1. The maximum Gasteiger partial charge on any atom is 0.188 e. The Morgan fingerprint density at radius 2 is 1.81 bits per heavy atom. The molecule has 4 rings (SSSR count). The molecule has 1 saturated heterocycles. The second-order valence-corrected chi connectivity index (χ2v) is 7.32. The highest BCUT2D eigenvalue weighted by Crippen LogP contribution is 2.42. The third-order valence-electron chi connectivity index (χ3n) is 5.93. The molecule has 116 valence electrons. The molecule has 0 amide bonds. The molecule has 1 aromatic heterocycles.